The Hall–Kier alpha value is -0.0500. The molecule has 1 rings (SSSR count). The Labute approximate surface area is 82.2 Å². The van der Waals surface area contributed by atoms with Gasteiger partial charge >= 0.3 is 0 Å². The molecule has 1 aromatic rings. The maximum absolute atomic E-state index is 2.36. The highest BCUT2D eigenvalue weighted by atomic mass is 127. The number of unbranched alkanes of at least 4 members (excludes halogenated alkanes) is 1. The van der Waals surface area contributed by atoms with Crippen molar-refractivity contribution in [2.45, 2.75) is 26.2 Å². The first-order valence-electron chi connectivity index (χ1n) is 4.07. The van der Waals surface area contributed by atoms with Crippen molar-refractivity contribution in [3.05, 3.63) is 33.4 Å². The maximum atomic E-state index is 2.36. The highest BCUT2D eigenvalue weighted by Crippen LogP contribution is 2.09. The van der Waals surface area contributed by atoms with Gasteiger partial charge in [0.25, 0.3) is 0 Å². The van der Waals surface area contributed by atoms with Crippen LogP contribution in [-0.4, -0.2) is 0 Å². The van der Waals surface area contributed by atoms with E-state index in [0.717, 1.165) is 0 Å². The Bertz CT molecular complexity index is 218. The average molecular weight is 260 g/mol. The monoisotopic (exact) mass is 260 g/mol. The largest absolute Gasteiger partial charge is 0.0654 e. The number of hydrogen-bond donors (Lipinski definition) is 0. The second kappa shape index (κ2) is 4.75. The predicted octanol–water partition coefficient (Wildman–Crippen LogP) is 3.63. The molecule has 0 spiro atoms. The Kier molecular flexibility index (Phi) is 3.91. The topological polar surface area (TPSA) is 0 Å². The summed E-state index contributed by atoms with van der Waals surface area (Å²) >= 11 is 2.36. The summed E-state index contributed by atoms with van der Waals surface area (Å²) in [6, 6.07) is 8.73. The molecule has 0 unspecified atom stereocenters. The van der Waals surface area contributed by atoms with Gasteiger partial charge in [0, 0.05) is 3.57 Å². The first kappa shape index (κ1) is 9.04. The average Bonchev–Trinajstić information content (AvgIpc) is 2.01. The number of benzene rings is 1. The smallest absolute Gasteiger partial charge is 0.0133 e. The van der Waals surface area contributed by atoms with Crippen molar-refractivity contribution in [3.63, 3.8) is 0 Å². The van der Waals surface area contributed by atoms with Crippen LogP contribution in [0.3, 0.4) is 0 Å². The van der Waals surface area contributed by atoms with Crippen molar-refractivity contribution in [2.75, 3.05) is 0 Å². The third-order valence-electron chi connectivity index (χ3n) is 1.71. The molecule has 1 aromatic carbocycles. The zero-order valence-corrected chi connectivity index (χ0v) is 8.97. The van der Waals surface area contributed by atoms with Crippen molar-refractivity contribution in [3.8, 4) is 0 Å². The van der Waals surface area contributed by atoms with Crippen LogP contribution >= 0.6 is 22.6 Å². The number of hydrogen-bond acceptors (Lipinski definition) is 0. The molecule has 0 nitrogen and oxygen atoms in total. The summed E-state index contributed by atoms with van der Waals surface area (Å²) in [4.78, 5) is 0. The maximum Gasteiger partial charge on any atom is 0.0133 e. The molecular weight excluding hydrogens is 247 g/mol. The van der Waals surface area contributed by atoms with Crippen LogP contribution in [0.1, 0.15) is 25.3 Å². The summed E-state index contributed by atoms with van der Waals surface area (Å²) in [7, 11) is 0. The summed E-state index contributed by atoms with van der Waals surface area (Å²) in [6.07, 6.45) is 3.82. The Morgan fingerprint density at radius 2 is 2.18 bits per heavy atom. The summed E-state index contributed by atoms with van der Waals surface area (Å²) in [5.41, 5.74) is 1.47. The van der Waals surface area contributed by atoms with Gasteiger partial charge in [0.2, 0.25) is 0 Å². The van der Waals surface area contributed by atoms with E-state index in [9.17, 15) is 0 Å². The molecule has 0 heterocycles. The van der Waals surface area contributed by atoms with Gasteiger partial charge in [-0.3, -0.25) is 0 Å². The molecule has 0 fully saturated rings. The summed E-state index contributed by atoms with van der Waals surface area (Å²) in [6.45, 7) is 2.23. The van der Waals surface area contributed by atoms with Crippen LogP contribution < -0.4 is 0 Å². The van der Waals surface area contributed by atoms with Crippen LogP contribution in [0.5, 0.6) is 0 Å². The Balaban J connectivity index is 2.56. The fourth-order valence-corrected chi connectivity index (χ4v) is 1.68. The van der Waals surface area contributed by atoms with Crippen molar-refractivity contribution < 1.29 is 0 Å². The second-order valence-electron chi connectivity index (χ2n) is 2.73. The van der Waals surface area contributed by atoms with Gasteiger partial charge < -0.3 is 0 Å². The van der Waals surface area contributed by atoms with E-state index in [2.05, 4.69) is 53.8 Å². The number of halogens is 1. The van der Waals surface area contributed by atoms with Crippen LogP contribution in [0.15, 0.2) is 24.3 Å². The van der Waals surface area contributed by atoms with E-state index in [4.69, 9.17) is 0 Å². The van der Waals surface area contributed by atoms with Gasteiger partial charge in [-0.2, -0.15) is 0 Å². The van der Waals surface area contributed by atoms with Crippen LogP contribution in [0.2, 0.25) is 0 Å². The number of aryl methyl sites for hydroxylation is 1. The first-order valence-corrected chi connectivity index (χ1v) is 5.15. The van der Waals surface area contributed by atoms with Crippen LogP contribution in [0.4, 0.5) is 0 Å². The van der Waals surface area contributed by atoms with Gasteiger partial charge in [0.15, 0.2) is 0 Å². The van der Waals surface area contributed by atoms with E-state index < -0.39 is 0 Å². The van der Waals surface area contributed by atoms with Crippen molar-refractivity contribution >= 4 is 22.6 Å². The molecule has 0 radical (unpaired) electrons. The molecule has 11 heavy (non-hydrogen) atoms. The minimum absolute atomic E-state index is 1.23. The molecule has 0 saturated heterocycles. The summed E-state index contributed by atoms with van der Waals surface area (Å²) in [5.74, 6) is 0. The molecule has 0 aliphatic carbocycles. The molecule has 0 atom stereocenters. The third-order valence-corrected chi connectivity index (χ3v) is 2.38. The highest BCUT2D eigenvalue weighted by molar-refractivity contribution is 14.1. The minimum Gasteiger partial charge on any atom is -0.0654 e. The van der Waals surface area contributed by atoms with Crippen LogP contribution in [-0.2, 0) is 6.42 Å². The molecule has 0 aliphatic heterocycles. The van der Waals surface area contributed by atoms with E-state index in [0.29, 0.717) is 0 Å². The van der Waals surface area contributed by atoms with E-state index in [1.165, 1.54) is 28.4 Å². The molecule has 0 saturated carbocycles. The minimum atomic E-state index is 1.23. The standard InChI is InChI=1S/C10H13I/c1-2-3-5-9-6-4-7-10(11)8-9/h4,6-8H,2-3,5H2,1H3. The zero-order valence-electron chi connectivity index (χ0n) is 6.81. The molecular formula is C10H13I. The first-order chi connectivity index (χ1) is 5.33. The molecule has 0 amide bonds. The van der Waals surface area contributed by atoms with Gasteiger partial charge in [0.05, 0.1) is 0 Å². The van der Waals surface area contributed by atoms with E-state index >= 15 is 0 Å². The highest BCUT2D eigenvalue weighted by Gasteiger charge is 1.91. The van der Waals surface area contributed by atoms with Gasteiger partial charge in [0.1, 0.15) is 0 Å². The van der Waals surface area contributed by atoms with E-state index in [1.54, 1.807) is 0 Å². The molecule has 60 valence electrons. The van der Waals surface area contributed by atoms with Crippen molar-refractivity contribution in [2.24, 2.45) is 0 Å². The van der Waals surface area contributed by atoms with Crippen LogP contribution in [0.25, 0.3) is 0 Å². The Morgan fingerprint density at radius 1 is 1.36 bits per heavy atom. The quantitative estimate of drug-likeness (QED) is 0.728. The van der Waals surface area contributed by atoms with Gasteiger partial charge in [-0.1, -0.05) is 25.5 Å². The van der Waals surface area contributed by atoms with E-state index in [1.807, 2.05) is 0 Å². The molecule has 0 bridgehead atoms. The zero-order chi connectivity index (χ0) is 8.10. The molecule has 0 N–H and O–H groups in total. The molecule has 0 aromatic heterocycles. The fraction of sp³-hybridized carbons (Fsp3) is 0.400. The van der Waals surface area contributed by atoms with Gasteiger partial charge in [-0.05, 0) is 53.1 Å². The lowest BCUT2D eigenvalue weighted by molar-refractivity contribution is 0.795. The van der Waals surface area contributed by atoms with Gasteiger partial charge in [-0.15, -0.1) is 0 Å². The molecule has 0 aliphatic rings. The third kappa shape index (κ3) is 3.23. The predicted molar refractivity (Wildman–Crippen MR) is 57.8 cm³/mol. The second-order valence-corrected chi connectivity index (χ2v) is 3.98. The summed E-state index contributed by atoms with van der Waals surface area (Å²) < 4.78 is 1.34. The number of rotatable bonds is 3. The van der Waals surface area contributed by atoms with Gasteiger partial charge in [-0.25, -0.2) is 0 Å². The normalized spacial score (nSPS) is 10.0. The van der Waals surface area contributed by atoms with Crippen molar-refractivity contribution in [1.29, 1.82) is 0 Å². The lowest BCUT2D eigenvalue weighted by atomic mass is 10.1. The fourth-order valence-electron chi connectivity index (χ4n) is 1.07. The SMILES string of the molecule is CCCCc1cccc(I)c1. The lowest BCUT2D eigenvalue weighted by Gasteiger charge is -1.98. The molecule has 1 heteroatoms. The summed E-state index contributed by atoms with van der Waals surface area (Å²) in [5, 5.41) is 0. The van der Waals surface area contributed by atoms with Crippen LogP contribution in [0, 0.1) is 3.57 Å². The lowest BCUT2D eigenvalue weighted by Crippen LogP contribution is -1.84. The Morgan fingerprint density at radius 3 is 2.82 bits per heavy atom. The van der Waals surface area contributed by atoms with E-state index in [-0.39, 0.29) is 0 Å². The van der Waals surface area contributed by atoms with Crippen molar-refractivity contribution in [1.82, 2.24) is 0 Å².